The maximum Gasteiger partial charge on any atom is 0.407 e. The fourth-order valence-electron chi connectivity index (χ4n) is 2.34. The zero-order chi connectivity index (χ0) is 15.6. The molecular weight excluding hydrogens is 273 g/mol. The van der Waals surface area contributed by atoms with Gasteiger partial charge in [-0.1, -0.05) is 0 Å². The van der Waals surface area contributed by atoms with Crippen LogP contribution in [0, 0.1) is 5.82 Å². The molecular formula is C15H22FN3O2. The Kier molecular flexibility index (Phi) is 4.25. The Morgan fingerprint density at radius 2 is 2.19 bits per heavy atom. The number of ether oxygens (including phenoxy) is 1. The van der Waals surface area contributed by atoms with Crippen LogP contribution in [0.3, 0.4) is 0 Å². The van der Waals surface area contributed by atoms with E-state index in [1.54, 1.807) is 6.07 Å². The van der Waals surface area contributed by atoms with Crippen LogP contribution < -0.4 is 16.0 Å². The lowest BCUT2D eigenvalue weighted by atomic mass is 10.2. The van der Waals surface area contributed by atoms with E-state index in [4.69, 9.17) is 10.5 Å². The van der Waals surface area contributed by atoms with Gasteiger partial charge in [-0.25, -0.2) is 9.18 Å². The largest absolute Gasteiger partial charge is 0.444 e. The van der Waals surface area contributed by atoms with Gasteiger partial charge >= 0.3 is 6.09 Å². The first-order valence-electron chi connectivity index (χ1n) is 7.04. The minimum Gasteiger partial charge on any atom is -0.444 e. The van der Waals surface area contributed by atoms with Gasteiger partial charge in [0.15, 0.2) is 0 Å². The number of alkyl carbamates (subject to hydrolysis) is 1. The van der Waals surface area contributed by atoms with Crippen LogP contribution in [-0.2, 0) is 4.74 Å². The minimum absolute atomic E-state index is 0.0549. The van der Waals surface area contributed by atoms with E-state index in [0.717, 1.165) is 6.42 Å². The van der Waals surface area contributed by atoms with Crippen LogP contribution in [0.15, 0.2) is 18.2 Å². The van der Waals surface area contributed by atoms with Gasteiger partial charge in [-0.3, -0.25) is 0 Å². The van der Waals surface area contributed by atoms with E-state index in [-0.39, 0.29) is 11.9 Å². The van der Waals surface area contributed by atoms with Crippen molar-refractivity contribution in [3.05, 3.63) is 24.0 Å². The SMILES string of the molecule is CC(C)(C)OC(=O)N[C@@H]1CCN(c2cc(N)ccc2F)C1. The number of nitrogen functional groups attached to an aromatic ring is 1. The summed E-state index contributed by atoms with van der Waals surface area (Å²) < 4.78 is 19.0. The van der Waals surface area contributed by atoms with Crippen molar-refractivity contribution in [3.8, 4) is 0 Å². The summed E-state index contributed by atoms with van der Waals surface area (Å²) in [5.74, 6) is -0.304. The van der Waals surface area contributed by atoms with Gasteiger partial charge in [0, 0.05) is 18.8 Å². The monoisotopic (exact) mass is 295 g/mol. The number of amides is 1. The van der Waals surface area contributed by atoms with Crippen molar-refractivity contribution in [1.82, 2.24) is 5.32 Å². The molecule has 5 nitrogen and oxygen atoms in total. The standard InChI is InChI=1S/C15H22FN3O2/c1-15(2,3)21-14(20)18-11-6-7-19(9-11)13-8-10(17)4-5-12(13)16/h4-5,8,11H,6-7,9,17H2,1-3H3,(H,18,20)/t11-/m1/s1. The van der Waals surface area contributed by atoms with E-state index in [1.807, 2.05) is 25.7 Å². The number of carbonyl (C=O) groups excluding carboxylic acids is 1. The number of nitrogens with one attached hydrogen (secondary N) is 1. The van der Waals surface area contributed by atoms with E-state index in [2.05, 4.69) is 5.32 Å². The summed E-state index contributed by atoms with van der Waals surface area (Å²) in [4.78, 5) is 13.6. The summed E-state index contributed by atoms with van der Waals surface area (Å²) in [6, 6.07) is 4.45. The number of nitrogens with zero attached hydrogens (tertiary/aromatic N) is 1. The molecule has 0 aliphatic carbocycles. The van der Waals surface area contributed by atoms with Gasteiger partial charge in [0.05, 0.1) is 11.7 Å². The number of halogens is 1. The number of anilines is 2. The Bertz CT molecular complexity index is 528. The third kappa shape index (κ3) is 4.24. The van der Waals surface area contributed by atoms with Crippen LogP contribution in [-0.4, -0.2) is 30.8 Å². The van der Waals surface area contributed by atoms with Crippen molar-refractivity contribution in [1.29, 1.82) is 0 Å². The molecule has 1 aromatic rings. The number of benzene rings is 1. The first-order valence-corrected chi connectivity index (χ1v) is 7.04. The molecule has 1 fully saturated rings. The van der Waals surface area contributed by atoms with Crippen molar-refractivity contribution >= 4 is 17.5 Å². The third-order valence-corrected chi connectivity index (χ3v) is 3.22. The van der Waals surface area contributed by atoms with Crippen molar-refractivity contribution in [2.45, 2.75) is 38.8 Å². The van der Waals surface area contributed by atoms with Gasteiger partial charge in [0.2, 0.25) is 0 Å². The Morgan fingerprint density at radius 1 is 1.48 bits per heavy atom. The molecule has 0 unspecified atom stereocenters. The molecule has 21 heavy (non-hydrogen) atoms. The highest BCUT2D eigenvalue weighted by atomic mass is 19.1. The molecule has 1 atom stereocenters. The van der Waals surface area contributed by atoms with Gasteiger partial charge in [0.1, 0.15) is 11.4 Å². The fourth-order valence-corrected chi connectivity index (χ4v) is 2.34. The lowest BCUT2D eigenvalue weighted by Crippen LogP contribution is -2.40. The van der Waals surface area contributed by atoms with E-state index in [1.165, 1.54) is 12.1 Å². The highest BCUT2D eigenvalue weighted by molar-refractivity contribution is 5.68. The molecule has 116 valence electrons. The van der Waals surface area contributed by atoms with Gasteiger partial charge in [-0.15, -0.1) is 0 Å². The fraction of sp³-hybridized carbons (Fsp3) is 0.533. The minimum atomic E-state index is -0.525. The van der Waals surface area contributed by atoms with Gasteiger partial charge in [0.25, 0.3) is 0 Å². The predicted molar refractivity (Wildman–Crippen MR) is 80.8 cm³/mol. The molecule has 2 rings (SSSR count). The molecule has 0 spiro atoms. The van der Waals surface area contributed by atoms with E-state index in [9.17, 15) is 9.18 Å². The van der Waals surface area contributed by atoms with Crippen LogP contribution >= 0.6 is 0 Å². The van der Waals surface area contributed by atoms with E-state index >= 15 is 0 Å². The van der Waals surface area contributed by atoms with Crippen molar-refractivity contribution in [2.75, 3.05) is 23.7 Å². The van der Waals surface area contributed by atoms with E-state index < -0.39 is 11.7 Å². The topological polar surface area (TPSA) is 67.6 Å². The lowest BCUT2D eigenvalue weighted by molar-refractivity contribution is 0.0509. The second-order valence-electron chi connectivity index (χ2n) is 6.29. The smallest absolute Gasteiger partial charge is 0.407 e. The maximum atomic E-state index is 13.8. The van der Waals surface area contributed by atoms with E-state index in [0.29, 0.717) is 24.5 Å². The van der Waals surface area contributed by atoms with Crippen molar-refractivity contribution in [3.63, 3.8) is 0 Å². The molecule has 0 bridgehead atoms. The van der Waals surface area contributed by atoms with Crippen LogP contribution in [0.5, 0.6) is 0 Å². The number of hydrogen-bond acceptors (Lipinski definition) is 4. The number of rotatable bonds is 2. The molecule has 0 radical (unpaired) electrons. The molecule has 0 aromatic heterocycles. The molecule has 3 N–H and O–H groups in total. The van der Waals surface area contributed by atoms with Gasteiger partial charge in [-0.2, -0.15) is 0 Å². The summed E-state index contributed by atoms with van der Waals surface area (Å²) in [6.07, 6.45) is 0.301. The Hall–Kier alpha value is -1.98. The quantitative estimate of drug-likeness (QED) is 0.823. The highest BCUT2D eigenvalue weighted by Gasteiger charge is 2.27. The van der Waals surface area contributed by atoms with Crippen LogP contribution in [0.4, 0.5) is 20.6 Å². The van der Waals surface area contributed by atoms with Gasteiger partial charge < -0.3 is 20.7 Å². The normalized spacial score (nSPS) is 18.7. The number of nitrogens with two attached hydrogens (primary N) is 1. The summed E-state index contributed by atoms with van der Waals surface area (Å²) in [5, 5.41) is 2.81. The second-order valence-corrected chi connectivity index (χ2v) is 6.29. The summed E-state index contributed by atoms with van der Waals surface area (Å²) in [6.45, 7) is 6.65. The van der Waals surface area contributed by atoms with Crippen LogP contribution in [0.25, 0.3) is 0 Å². The van der Waals surface area contributed by atoms with Crippen LogP contribution in [0.1, 0.15) is 27.2 Å². The molecule has 1 heterocycles. The highest BCUT2D eigenvalue weighted by Crippen LogP contribution is 2.26. The lowest BCUT2D eigenvalue weighted by Gasteiger charge is -2.22. The Balaban J connectivity index is 1.95. The Morgan fingerprint density at radius 3 is 2.86 bits per heavy atom. The van der Waals surface area contributed by atoms with Crippen molar-refractivity contribution in [2.24, 2.45) is 0 Å². The molecule has 6 heteroatoms. The number of hydrogen-bond donors (Lipinski definition) is 2. The molecule has 0 saturated carbocycles. The summed E-state index contributed by atoms with van der Waals surface area (Å²) >= 11 is 0. The average Bonchev–Trinajstić information content (AvgIpc) is 2.78. The Labute approximate surface area is 124 Å². The molecule has 1 amide bonds. The van der Waals surface area contributed by atoms with Gasteiger partial charge in [-0.05, 0) is 45.4 Å². The molecule has 1 aliphatic rings. The average molecular weight is 295 g/mol. The summed E-state index contributed by atoms with van der Waals surface area (Å²) in [7, 11) is 0. The number of carbonyl (C=O) groups is 1. The molecule has 1 saturated heterocycles. The molecule has 1 aromatic carbocycles. The zero-order valence-electron chi connectivity index (χ0n) is 12.6. The van der Waals surface area contributed by atoms with Crippen molar-refractivity contribution < 1.29 is 13.9 Å². The zero-order valence-corrected chi connectivity index (χ0v) is 12.6. The predicted octanol–water partition coefficient (Wildman–Crippen LogP) is 2.51. The molecule has 1 aliphatic heterocycles. The summed E-state index contributed by atoms with van der Waals surface area (Å²) in [5.41, 5.74) is 6.17. The second kappa shape index (κ2) is 5.79. The van der Waals surface area contributed by atoms with Crippen LogP contribution in [0.2, 0.25) is 0 Å². The third-order valence-electron chi connectivity index (χ3n) is 3.22. The first kappa shape index (κ1) is 15.4. The maximum absolute atomic E-state index is 13.8. The first-order chi connectivity index (χ1) is 9.74.